The van der Waals surface area contributed by atoms with Gasteiger partial charge in [0.15, 0.2) is 5.65 Å². The summed E-state index contributed by atoms with van der Waals surface area (Å²) in [5.41, 5.74) is 1.73. The third-order valence-electron chi connectivity index (χ3n) is 6.13. The summed E-state index contributed by atoms with van der Waals surface area (Å²) in [5, 5.41) is 0.677. The molecule has 1 N–H and O–H groups in total. The Balaban J connectivity index is 1.71. The van der Waals surface area contributed by atoms with Crippen molar-refractivity contribution >= 4 is 42.1 Å². The lowest BCUT2D eigenvalue weighted by Crippen LogP contribution is -2.25. The van der Waals surface area contributed by atoms with Gasteiger partial charge in [-0.05, 0) is 31.0 Å². The molecule has 0 bridgehead atoms. The summed E-state index contributed by atoms with van der Waals surface area (Å²) in [4.78, 5) is 9.31. The second kappa shape index (κ2) is 8.23. The fourth-order valence-electron chi connectivity index (χ4n) is 4.65. The van der Waals surface area contributed by atoms with Crippen molar-refractivity contribution in [1.29, 1.82) is 0 Å². The molecule has 0 aliphatic heterocycles. The highest BCUT2D eigenvalue weighted by Crippen LogP contribution is 2.35. The Bertz CT molecular complexity index is 1530. The lowest BCUT2D eigenvalue weighted by molar-refractivity contribution is 0.352. The van der Waals surface area contributed by atoms with Gasteiger partial charge in [0.05, 0.1) is 29.4 Å². The fourth-order valence-corrected chi connectivity index (χ4v) is 6.36. The lowest BCUT2D eigenvalue weighted by Gasteiger charge is -2.25. The summed E-state index contributed by atoms with van der Waals surface area (Å²) < 4.78 is 55.9. The van der Waals surface area contributed by atoms with Crippen molar-refractivity contribution in [2.24, 2.45) is 0 Å². The van der Waals surface area contributed by atoms with Gasteiger partial charge in [-0.25, -0.2) is 35.5 Å². The Labute approximate surface area is 192 Å². The highest BCUT2D eigenvalue weighted by Gasteiger charge is 2.26. The first-order chi connectivity index (χ1) is 15.8. The van der Waals surface area contributed by atoms with E-state index in [1.54, 1.807) is 42.6 Å². The average molecular weight is 488 g/mol. The minimum atomic E-state index is -3.82. The summed E-state index contributed by atoms with van der Waals surface area (Å²) in [7, 11) is -7.22. The number of aromatic nitrogens is 4. The fraction of sp³-hybridized carbons (Fsp3) is 0.364. The number of pyridine rings is 1. The first-order valence-electron chi connectivity index (χ1n) is 10.9. The first kappa shape index (κ1) is 22.1. The molecule has 3 heterocycles. The van der Waals surface area contributed by atoms with Crippen molar-refractivity contribution in [3.05, 3.63) is 54.6 Å². The van der Waals surface area contributed by atoms with Crippen molar-refractivity contribution in [2.45, 2.75) is 49.6 Å². The van der Waals surface area contributed by atoms with Gasteiger partial charge >= 0.3 is 0 Å². The first-order valence-corrected chi connectivity index (χ1v) is 14.2. The summed E-state index contributed by atoms with van der Waals surface area (Å²) in [6.45, 7) is 0.0640. The van der Waals surface area contributed by atoms with Gasteiger partial charge in [-0.15, -0.1) is 0 Å². The van der Waals surface area contributed by atoms with Crippen molar-refractivity contribution in [3.8, 4) is 0 Å². The van der Waals surface area contributed by atoms with Crippen LogP contribution in [-0.2, 0) is 26.6 Å². The van der Waals surface area contributed by atoms with Crippen LogP contribution in [0.2, 0.25) is 0 Å². The summed E-state index contributed by atoms with van der Waals surface area (Å²) in [6, 6.07) is 10.2. The molecule has 0 saturated heterocycles. The number of sulfonamides is 1. The van der Waals surface area contributed by atoms with E-state index >= 15 is 0 Å². The largest absolute Gasteiger partial charge is 0.323 e. The molecule has 174 valence electrons. The van der Waals surface area contributed by atoms with E-state index in [2.05, 4.69) is 19.3 Å². The molecular weight excluding hydrogens is 462 g/mol. The van der Waals surface area contributed by atoms with Crippen molar-refractivity contribution in [1.82, 2.24) is 23.2 Å². The Morgan fingerprint density at radius 2 is 1.76 bits per heavy atom. The van der Waals surface area contributed by atoms with E-state index in [1.165, 1.54) is 16.6 Å². The maximum Gasteiger partial charge on any atom is 0.269 e. The van der Waals surface area contributed by atoms with Crippen molar-refractivity contribution in [2.75, 3.05) is 6.26 Å². The third kappa shape index (κ3) is 4.04. The van der Waals surface area contributed by atoms with Crippen LogP contribution in [0.1, 0.15) is 44.0 Å². The summed E-state index contributed by atoms with van der Waals surface area (Å²) in [5.74, 6) is 0.607. The quantitative estimate of drug-likeness (QED) is 0.447. The number of hydrogen-bond acceptors (Lipinski definition) is 6. The monoisotopic (exact) mass is 487 g/mol. The predicted octanol–water partition coefficient (Wildman–Crippen LogP) is 3.18. The molecule has 11 heteroatoms. The van der Waals surface area contributed by atoms with E-state index in [4.69, 9.17) is 0 Å². The van der Waals surface area contributed by atoms with E-state index in [0.717, 1.165) is 37.5 Å². The highest BCUT2D eigenvalue weighted by molar-refractivity contribution is 7.90. The molecule has 0 atom stereocenters. The van der Waals surface area contributed by atoms with Crippen LogP contribution in [0.15, 0.2) is 53.7 Å². The Hall–Kier alpha value is -2.76. The number of nitrogens with zero attached hydrogens (tertiary/aromatic N) is 4. The number of rotatable bonds is 6. The van der Waals surface area contributed by atoms with E-state index < -0.39 is 20.0 Å². The van der Waals surface area contributed by atoms with Crippen LogP contribution in [0.25, 0.3) is 22.1 Å². The molecule has 0 radical (unpaired) electrons. The topological polar surface area (TPSA) is 116 Å². The summed E-state index contributed by atoms with van der Waals surface area (Å²) in [6.07, 6.45) is 9.47. The zero-order valence-electron chi connectivity index (χ0n) is 18.2. The highest BCUT2D eigenvalue weighted by atomic mass is 32.2. The van der Waals surface area contributed by atoms with Crippen LogP contribution in [0.3, 0.4) is 0 Å². The number of fused-ring (bicyclic) bond motifs is 3. The second-order valence-electron chi connectivity index (χ2n) is 8.44. The molecule has 9 nitrogen and oxygen atoms in total. The van der Waals surface area contributed by atoms with E-state index in [9.17, 15) is 16.8 Å². The second-order valence-corrected chi connectivity index (χ2v) is 12.1. The van der Waals surface area contributed by atoms with E-state index in [1.807, 2.05) is 0 Å². The Kier molecular flexibility index (Phi) is 5.50. The molecule has 3 aromatic heterocycles. The molecule has 0 unspecified atom stereocenters. The Morgan fingerprint density at radius 1 is 1.03 bits per heavy atom. The van der Waals surface area contributed by atoms with Gasteiger partial charge in [0.1, 0.15) is 11.3 Å². The van der Waals surface area contributed by atoms with E-state index in [0.29, 0.717) is 22.4 Å². The molecule has 4 aromatic rings. The molecule has 1 aromatic carbocycles. The third-order valence-corrected chi connectivity index (χ3v) is 8.48. The van der Waals surface area contributed by atoms with Gasteiger partial charge in [0, 0.05) is 17.6 Å². The van der Waals surface area contributed by atoms with Crippen LogP contribution in [0.4, 0.5) is 0 Å². The summed E-state index contributed by atoms with van der Waals surface area (Å²) >= 11 is 0. The van der Waals surface area contributed by atoms with Gasteiger partial charge in [-0.1, -0.05) is 37.5 Å². The number of hydrogen-bond donors (Lipinski definition) is 1. The van der Waals surface area contributed by atoms with Gasteiger partial charge in [-0.2, -0.15) is 0 Å². The minimum Gasteiger partial charge on any atom is -0.323 e. The molecule has 33 heavy (non-hydrogen) atoms. The smallest absolute Gasteiger partial charge is 0.269 e. The van der Waals surface area contributed by atoms with Crippen molar-refractivity contribution in [3.63, 3.8) is 0 Å². The number of imidazole rings is 1. The SMILES string of the molecule is CS(=O)(=O)NCc1nc2cnc3c(ccn3S(=O)(=O)c3ccccc3)c2n1C1CCCCC1. The molecular formula is C22H25N5O4S2. The molecule has 1 aliphatic rings. The molecule has 1 saturated carbocycles. The molecule has 1 fully saturated rings. The maximum absolute atomic E-state index is 13.3. The van der Waals surface area contributed by atoms with Gasteiger partial charge in [-0.3, -0.25) is 0 Å². The molecule has 0 spiro atoms. The standard InChI is InChI=1S/C22H25N5O4S2/c1-32(28,29)24-15-20-25-19-14-23-22-18(21(19)27(20)16-8-4-2-5-9-16)12-13-26(22)33(30,31)17-10-6-3-7-11-17/h3,6-7,10-14,16,24H,2,4-5,8-9,15H2,1H3. The van der Waals surface area contributed by atoms with Crippen LogP contribution in [0, 0.1) is 0 Å². The van der Waals surface area contributed by atoms with Gasteiger partial charge in [0.25, 0.3) is 10.0 Å². The minimum absolute atomic E-state index is 0.0640. The lowest BCUT2D eigenvalue weighted by atomic mass is 9.95. The Morgan fingerprint density at radius 3 is 2.45 bits per heavy atom. The van der Waals surface area contributed by atoms with Crippen molar-refractivity contribution < 1.29 is 16.8 Å². The van der Waals surface area contributed by atoms with Gasteiger partial charge in [0.2, 0.25) is 10.0 Å². The number of nitrogens with one attached hydrogen (secondary N) is 1. The maximum atomic E-state index is 13.3. The predicted molar refractivity (Wildman–Crippen MR) is 126 cm³/mol. The van der Waals surface area contributed by atoms with Crippen LogP contribution in [-0.4, -0.2) is 41.6 Å². The van der Waals surface area contributed by atoms with Gasteiger partial charge < -0.3 is 4.57 Å². The molecule has 1 aliphatic carbocycles. The molecule has 5 rings (SSSR count). The van der Waals surface area contributed by atoms with E-state index in [-0.39, 0.29) is 17.5 Å². The average Bonchev–Trinajstić information content (AvgIpc) is 3.40. The zero-order chi connectivity index (χ0) is 23.2. The van der Waals surface area contributed by atoms with Crippen LogP contribution >= 0.6 is 0 Å². The molecule has 0 amide bonds. The van der Waals surface area contributed by atoms with Crippen LogP contribution in [0.5, 0.6) is 0 Å². The normalized spacial score (nSPS) is 16.0. The zero-order valence-corrected chi connectivity index (χ0v) is 19.8. The number of benzene rings is 1. The van der Waals surface area contributed by atoms with Crippen LogP contribution < -0.4 is 4.72 Å².